The van der Waals surface area contributed by atoms with E-state index in [4.69, 9.17) is 0 Å². The van der Waals surface area contributed by atoms with Crippen molar-refractivity contribution in [3.8, 4) is 0 Å². The molecule has 124 valence electrons. The second kappa shape index (κ2) is 6.07. The van der Waals surface area contributed by atoms with Crippen molar-refractivity contribution in [2.24, 2.45) is 10.9 Å². The molecule has 0 radical (unpaired) electrons. The van der Waals surface area contributed by atoms with E-state index in [0.717, 1.165) is 31.6 Å². The fourth-order valence-electron chi connectivity index (χ4n) is 3.21. The molecule has 0 saturated heterocycles. The summed E-state index contributed by atoms with van der Waals surface area (Å²) in [6, 6.07) is 5.68. The van der Waals surface area contributed by atoms with Crippen LogP contribution in [0.25, 0.3) is 4.91 Å². The highest BCUT2D eigenvalue weighted by molar-refractivity contribution is 8.00. The van der Waals surface area contributed by atoms with Crippen molar-refractivity contribution in [2.75, 3.05) is 0 Å². The molecule has 0 atom stereocenters. The van der Waals surface area contributed by atoms with Crippen molar-refractivity contribution in [1.29, 1.82) is 0 Å². The second-order valence-corrected chi connectivity index (χ2v) is 8.08. The van der Waals surface area contributed by atoms with Crippen LogP contribution < -0.4 is 4.72 Å². The molecule has 1 aliphatic carbocycles. The summed E-state index contributed by atoms with van der Waals surface area (Å²) in [5, 5.41) is 0. The molecule has 1 aliphatic heterocycles. The summed E-state index contributed by atoms with van der Waals surface area (Å²) in [6.45, 7) is 3.99. The summed E-state index contributed by atoms with van der Waals surface area (Å²) in [7, 11) is -3.64. The molecule has 1 aromatic carbocycles. The van der Waals surface area contributed by atoms with Crippen LogP contribution in [0.3, 0.4) is 0 Å². The Morgan fingerprint density at radius 2 is 1.74 bits per heavy atom. The van der Waals surface area contributed by atoms with Gasteiger partial charge in [-0.3, -0.25) is 9.71 Å². The van der Waals surface area contributed by atoms with E-state index < -0.39 is 10.0 Å². The van der Waals surface area contributed by atoms with Gasteiger partial charge in [-0.2, -0.15) is 0 Å². The minimum Gasteiger partial charge on any atom is -0.264 e. The number of hydrogen-bond donors (Lipinski definition) is 1. The smallest absolute Gasteiger partial charge is 0.264 e. The van der Waals surface area contributed by atoms with Crippen molar-refractivity contribution in [3.05, 3.63) is 41.2 Å². The summed E-state index contributed by atoms with van der Waals surface area (Å²) in [5.41, 5.74) is 1.09. The zero-order valence-corrected chi connectivity index (χ0v) is 14.2. The molecular formula is C17H21FN2O2S. The van der Waals surface area contributed by atoms with Gasteiger partial charge in [0.1, 0.15) is 16.6 Å². The maximum Gasteiger partial charge on any atom is 0.264 e. The van der Waals surface area contributed by atoms with Crippen LogP contribution in [-0.2, 0) is 10.0 Å². The molecule has 0 amide bonds. The summed E-state index contributed by atoms with van der Waals surface area (Å²) in [5.74, 6) is 0.766. The van der Waals surface area contributed by atoms with Crippen LogP contribution in [0.15, 0.2) is 34.8 Å². The van der Waals surface area contributed by atoms with E-state index in [1.54, 1.807) is 6.92 Å². The number of nitrogens with zero attached hydrogens (tertiary/aromatic N) is 1. The van der Waals surface area contributed by atoms with Crippen LogP contribution in [0.1, 0.15) is 45.1 Å². The zero-order chi connectivity index (χ0) is 16.6. The third-order valence-corrected chi connectivity index (χ3v) is 6.14. The second-order valence-electron chi connectivity index (χ2n) is 6.46. The van der Waals surface area contributed by atoms with Gasteiger partial charge in [0, 0.05) is 5.57 Å². The minimum atomic E-state index is -3.64. The molecule has 6 heteroatoms. The maximum atomic E-state index is 13.1. The van der Waals surface area contributed by atoms with E-state index in [2.05, 4.69) is 16.6 Å². The SMILES string of the molecule is CC1=C(c2ccc(F)cc2)S(=O)(=O)NC1=NC1CCC(C)CC1. The van der Waals surface area contributed by atoms with Gasteiger partial charge in [0.2, 0.25) is 0 Å². The first-order valence-electron chi connectivity index (χ1n) is 7.94. The predicted molar refractivity (Wildman–Crippen MR) is 89.9 cm³/mol. The molecule has 0 unspecified atom stereocenters. The van der Waals surface area contributed by atoms with Crippen LogP contribution in [0.5, 0.6) is 0 Å². The normalized spacial score (nSPS) is 28.9. The van der Waals surface area contributed by atoms with E-state index >= 15 is 0 Å². The molecular weight excluding hydrogens is 315 g/mol. The molecule has 2 aliphatic rings. The molecule has 1 saturated carbocycles. The van der Waals surface area contributed by atoms with Crippen molar-refractivity contribution in [1.82, 2.24) is 4.72 Å². The van der Waals surface area contributed by atoms with Gasteiger partial charge in [0.05, 0.1) is 6.04 Å². The first-order valence-corrected chi connectivity index (χ1v) is 9.43. The molecule has 23 heavy (non-hydrogen) atoms. The largest absolute Gasteiger partial charge is 0.264 e. The Bertz CT molecular complexity index is 758. The molecule has 1 heterocycles. The zero-order valence-electron chi connectivity index (χ0n) is 13.3. The van der Waals surface area contributed by atoms with E-state index in [1.807, 2.05) is 0 Å². The Morgan fingerprint density at radius 1 is 1.13 bits per heavy atom. The topological polar surface area (TPSA) is 58.5 Å². The van der Waals surface area contributed by atoms with E-state index in [9.17, 15) is 12.8 Å². The number of amidine groups is 1. The average Bonchev–Trinajstić information content (AvgIpc) is 2.72. The molecule has 4 nitrogen and oxygen atoms in total. The lowest BCUT2D eigenvalue weighted by Gasteiger charge is -2.23. The van der Waals surface area contributed by atoms with Crippen molar-refractivity contribution in [3.63, 3.8) is 0 Å². The Kier molecular flexibility index (Phi) is 4.27. The lowest BCUT2D eigenvalue weighted by atomic mass is 9.88. The predicted octanol–water partition coefficient (Wildman–Crippen LogP) is 3.47. The highest BCUT2D eigenvalue weighted by Crippen LogP contribution is 2.31. The number of aliphatic imine (C=N–C) groups is 1. The summed E-state index contributed by atoms with van der Waals surface area (Å²) in [4.78, 5) is 4.83. The van der Waals surface area contributed by atoms with Gasteiger partial charge in [-0.05, 0) is 56.2 Å². The van der Waals surface area contributed by atoms with Crippen LogP contribution in [-0.4, -0.2) is 20.3 Å². The molecule has 0 spiro atoms. The number of halogens is 1. The molecule has 1 aromatic rings. The monoisotopic (exact) mass is 336 g/mol. The van der Waals surface area contributed by atoms with Gasteiger partial charge < -0.3 is 0 Å². The number of rotatable bonds is 2. The van der Waals surface area contributed by atoms with E-state index in [1.165, 1.54) is 24.3 Å². The fraction of sp³-hybridized carbons (Fsp3) is 0.471. The first-order chi connectivity index (χ1) is 10.9. The summed E-state index contributed by atoms with van der Waals surface area (Å²) >= 11 is 0. The van der Waals surface area contributed by atoms with Gasteiger partial charge in [-0.25, -0.2) is 12.8 Å². The number of hydrogen-bond acceptors (Lipinski definition) is 3. The quantitative estimate of drug-likeness (QED) is 0.899. The Morgan fingerprint density at radius 3 is 2.35 bits per heavy atom. The van der Waals surface area contributed by atoms with Crippen LogP contribution in [0.4, 0.5) is 4.39 Å². The van der Waals surface area contributed by atoms with Crippen LogP contribution >= 0.6 is 0 Å². The van der Waals surface area contributed by atoms with E-state index in [-0.39, 0.29) is 16.8 Å². The number of sulfonamides is 1. The third-order valence-electron chi connectivity index (χ3n) is 4.60. The van der Waals surface area contributed by atoms with Gasteiger partial charge in [0.25, 0.3) is 10.0 Å². The molecule has 3 rings (SSSR count). The lowest BCUT2D eigenvalue weighted by Crippen LogP contribution is -2.26. The first kappa shape index (κ1) is 16.2. The van der Waals surface area contributed by atoms with Gasteiger partial charge in [-0.1, -0.05) is 19.1 Å². The summed E-state index contributed by atoms with van der Waals surface area (Å²) < 4.78 is 40.5. The minimum absolute atomic E-state index is 0.173. The van der Waals surface area contributed by atoms with Crippen LogP contribution in [0, 0.1) is 11.7 Å². The van der Waals surface area contributed by atoms with Gasteiger partial charge >= 0.3 is 0 Å². The Hall–Kier alpha value is -1.69. The van der Waals surface area contributed by atoms with Crippen molar-refractivity contribution in [2.45, 2.75) is 45.6 Å². The van der Waals surface area contributed by atoms with E-state index in [0.29, 0.717) is 17.0 Å². The van der Waals surface area contributed by atoms with Crippen molar-refractivity contribution >= 4 is 20.8 Å². The number of nitrogens with one attached hydrogen (secondary N) is 1. The standard InChI is InChI=1S/C17H21FN2O2S/c1-11-3-9-15(10-4-11)19-17-12(2)16(23(21,22)20-17)13-5-7-14(18)8-6-13/h5-8,11,15H,3-4,9-10H2,1-2H3,(H,19,20). The maximum absolute atomic E-state index is 13.1. The van der Waals surface area contributed by atoms with Gasteiger partial charge in [-0.15, -0.1) is 0 Å². The summed E-state index contributed by atoms with van der Waals surface area (Å²) in [6.07, 6.45) is 4.24. The Labute approximate surface area is 136 Å². The molecule has 0 bridgehead atoms. The van der Waals surface area contributed by atoms with Gasteiger partial charge in [0.15, 0.2) is 0 Å². The third kappa shape index (κ3) is 3.32. The molecule has 1 fully saturated rings. The molecule has 0 aromatic heterocycles. The Balaban J connectivity index is 1.94. The highest BCUT2D eigenvalue weighted by Gasteiger charge is 2.33. The molecule has 1 N–H and O–H groups in total. The highest BCUT2D eigenvalue weighted by atomic mass is 32.2. The number of benzene rings is 1. The van der Waals surface area contributed by atoms with Crippen molar-refractivity contribution < 1.29 is 12.8 Å². The van der Waals surface area contributed by atoms with Crippen LogP contribution in [0.2, 0.25) is 0 Å². The fourth-order valence-corrected chi connectivity index (χ4v) is 4.72. The lowest BCUT2D eigenvalue weighted by molar-refractivity contribution is 0.349. The average molecular weight is 336 g/mol.